The Kier molecular flexibility index (Phi) is 11.4. The Labute approximate surface area is 264 Å². The minimum Gasteiger partial charge on any atom is -0.489 e. The summed E-state index contributed by atoms with van der Waals surface area (Å²) in [6.07, 6.45) is 0.369. The third-order valence-corrected chi connectivity index (χ3v) is 7.47. The minimum absolute atomic E-state index is 0.0399. The van der Waals surface area contributed by atoms with Gasteiger partial charge in [0.05, 0.1) is 24.0 Å². The van der Waals surface area contributed by atoms with E-state index in [9.17, 15) is 5.26 Å². The summed E-state index contributed by atoms with van der Waals surface area (Å²) in [6, 6.07) is 37.1. The lowest BCUT2D eigenvalue weighted by Crippen LogP contribution is -2.19. The molecule has 0 N–H and O–H groups in total. The van der Waals surface area contributed by atoms with Crippen LogP contribution in [0.4, 0.5) is 0 Å². The van der Waals surface area contributed by atoms with Crippen LogP contribution in [0.3, 0.4) is 0 Å². The van der Waals surface area contributed by atoms with E-state index in [1.54, 1.807) is 0 Å². The first-order valence-electron chi connectivity index (χ1n) is 15.1. The fraction of sp³-hybridized carbons (Fsp3) is 0.350. The van der Waals surface area contributed by atoms with Crippen LogP contribution in [-0.2, 0) is 35.9 Å². The number of benzene rings is 4. The molecule has 4 aromatic carbocycles. The molecule has 0 aliphatic carbocycles. The Bertz CT molecular complexity index is 1580. The fourth-order valence-corrected chi connectivity index (χ4v) is 4.55. The molecule has 0 fully saturated rings. The molecular weight excluding hydrogens is 540 g/mol. The highest BCUT2D eigenvalue weighted by atomic mass is 16.5. The van der Waals surface area contributed by atoms with Gasteiger partial charge in [-0.25, -0.2) is 0 Å². The van der Waals surface area contributed by atoms with Crippen LogP contribution in [0, 0.1) is 22.7 Å². The fourth-order valence-electron chi connectivity index (χ4n) is 4.55. The minimum atomic E-state index is -0.590. The topological polar surface area (TPSA) is 66.0 Å². The van der Waals surface area contributed by atoms with Crippen molar-refractivity contribution in [1.82, 2.24) is 0 Å². The highest BCUT2D eigenvalue weighted by Crippen LogP contribution is 2.36. The van der Waals surface area contributed by atoms with Crippen LogP contribution >= 0.6 is 0 Å². The summed E-state index contributed by atoms with van der Waals surface area (Å²) in [5.74, 6) is 1.59. The summed E-state index contributed by atoms with van der Waals surface area (Å²) in [5, 5.41) is 18.6. The molecule has 0 aliphatic heterocycles. The third-order valence-electron chi connectivity index (χ3n) is 7.47. The van der Waals surface area contributed by atoms with Gasteiger partial charge >= 0.3 is 0 Å². The van der Waals surface area contributed by atoms with Crippen molar-refractivity contribution in [2.75, 3.05) is 0 Å². The van der Waals surface area contributed by atoms with Crippen molar-refractivity contribution in [3.63, 3.8) is 0 Å². The van der Waals surface area contributed by atoms with Gasteiger partial charge in [-0.3, -0.25) is 0 Å². The van der Waals surface area contributed by atoms with Gasteiger partial charge in [0.15, 0.2) is 0 Å². The standard InChI is InChI=1S/C21H25NO.C19H21NO/c1-20(2,3)17-11-12-19(18(13-17)21(4,5)15-22)23-14-16-9-7-6-8-10-16;1-19(2,3)17-9-10-18(16(13-17)11-12-20)21-14-15-7-5-4-6-8-15/h6-13H,14H2,1-5H3;4-10,13H,11,14H2,1-3H3. The summed E-state index contributed by atoms with van der Waals surface area (Å²) in [6.45, 7) is 17.9. The second-order valence-electron chi connectivity index (χ2n) is 13.7. The molecule has 0 aromatic heterocycles. The average Bonchev–Trinajstić information content (AvgIpc) is 3.00. The highest BCUT2D eigenvalue weighted by molar-refractivity contribution is 5.47. The Balaban J connectivity index is 0.000000241. The summed E-state index contributed by atoms with van der Waals surface area (Å²) in [4.78, 5) is 0. The van der Waals surface area contributed by atoms with Gasteiger partial charge in [-0.15, -0.1) is 0 Å². The van der Waals surface area contributed by atoms with Gasteiger partial charge in [0.1, 0.15) is 24.7 Å². The third kappa shape index (κ3) is 9.75. The first kappa shape index (κ1) is 34.0. The van der Waals surface area contributed by atoms with Crippen molar-refractivity contribution in [3.05, 3.63) is 130 Å². The maximum absolute atomic E-state index is 9.55. The summed E-state index contributed by atoms with van der Waals surface area (Å²) in [5.41, 5.74) is 6.11. The van der Waals surface area contributed by atoms with Gasteiger partial charge in [-0.2, -0.15) is 10.5 Å². The molecule has 4 nitrogen and oxygen atoms in total. The normalized spacial score (nSPS) is 11.4. The van der Waals surface area contributed by atoms with Gasteiger partial charge in [-0.05, 0) is 65.1 Å². The van der Waals surface area contributed by atoms with Crippen molar-refractivity contribution >= 4 is 0 Å². The number of nitrogens with zero attached hydrogens (tertiary/aromatic N) is 2. The van der Waals surface area contributed by atoms with E-state index in [4.69, 9.17) is 14.7 Å². The van der Waals surface area contributed by atoms with Gasteiger partial charge in [0.25, 0.3) is 0 Å². The zero-order valence-corrected chi connectivity index (χ0v) is 27.6. The first-order valence-corrected chi connectivity index (χ1v) is 15.1. The molecule has 228 valence electrons. The lowest BCUT2D eigenvalue weighted by Gasteiger charge is -2.25. The SMILES string of the molecule is CC(C)(C)c1ccc(OCc2ccccc2)c(C(C)(C)C#N)c1.CC(C)(C)c1ccc(OCc2ccccc2)c(CC#N)c1. The molecule has 4 heteroatoms. The smallest absolute Gasteiger partial charge is 0.124 e. The van der Waals surface area contributed by atoms with Crippen LogP contribution in [-0.4, -0.2) is 0 Å². The molecule has 0 bridgehead atoms. The zero-order valence-electron chi connectivity index (χ0n) is 27.6. The van der Waals surface area contributed by atoms with E-state index in [1.165, 1.54) is 11.1 Å². The van der Waals surface area contributed by atoms with Crippen molar-refractivity contribution in [3.8, 4) is 23.6 Å². The Hall–Kier alpha value is -4.54. The molecule has 0 unspecified atom stereocenters. The monoisotopic (exact) mass is 586 g/mol. The van der Waals surface area contributed by atoms with Crippen molar-refractivity contribution in [2.45, 2.75) is 91.3 Å². The van der Waals surface area contributed by atoms with E-state index in [0.717, 1.165) is 33.8 Å². The molecule has 4 rings (SSSR count). The number of hydrogen-bond donors (Lipinski definition) is 0. The Morgan fingerprint density at radius 2 is 1.02 bits per heavy atom. The number of rotatable bonds is 8. The Morgan fingerprint density at radius 1 is 0.568 bits per heavy atom. The van der Waals surface area contributed by atoms with E-state index in [-0.39, 0.29) is 10.8 Å². The molecule has 44 heavy (non-hydrogen) atoms. The quantitative estimate of drug-likeness (QED) is 0.206. The molecule has 0 radical (unpaired) electrons. The predicted molar refractivity (Wildman–Crippen MR) is 180 cm³/mol. The molecule has 0 amide bonds. The van der Waals surface area contributed by atoms with E-state index in [0.29, 0.717) is 19.6 Å². The van der Waals surface area contributed by atoms with Crippen LogP contribution < -0.4 is 9.47 Å². The second kappa shape index (κ2) is 14.8. The number of hydrogen-bond acceptors (Lipinski definition) is 4. The van der Waals surface area contributed by atoms with E-state index < -0.39 is 5.41 Å². The van der Waals surface area contributed by atoms with Crippen LogP contribution in [0.2, 0.25) is 0 Å². The van der Waals surface area contributed by atoms with Crippen LogP contribution in [0.5, 0.6) is 11.5 Å². The molecule has 0 saturated heterocycles. The maximum Gasteiger partial charge on any atom is 0.124 e. The molecule has 0 heterocycles. The largest absolute Gasteiger partial charge is 0.489 e. The number of ether oxygens (including phenoxy) is 2. The zero-order chi connectivity index (χ0) is 32.4. The lowest BCUT2D eigenvalue weighted by molar-refractivity contribution is 0.299. The van der Waals surface area contributed by atoms with Gasteiger partial charge in [0.2, 0.25) is 0 Å². The van der Waals surface area contributed by atoms with E-state index in [1.807, 2.05) is 86.6 Å². The molecule has 0 aliphatic rings. The predicted octanol–water partition coefficient (Wildman–Crippen LogP) is 9.99. The highest BCUT2D eigenvalue weighted by Gasteiger charge is 2.27. The first-order chi connectivity index (χ1) is 20.7. The maximum atomic E-state index is 9.55. The van der Waals surface area contributed by atoms with E-state index in [2.05, 4.69) is 77.9 Å². The van der Waals surface area contributed by atoms with Gasteiger partial charge in [0, 0.05) is 11.1 Å². The lowest BCUT2D eigenvalue weighted by atomic mass is 9.80. The Morgan fingerprint density at radius 3 is 1.48 bits per heavy atom. The van der Waals surface area contributed by atoms with Crippen LogP contribution in [0.25, 0.3) is 0 Å². The van der Waals surface area contributed by atoms with E-state index >= 15 is 0 Å². The summed E-state index contributed by atoms with van der Waals surface area (Å²) < 4.78 is 11.9. The van der Waals surface area contributed by atoms with Crippen LogP contribution in [0.1, 0.15) is 88.8 Å². The average molecular weight is 587 g/mol. The van der Waals surface area contributed by atoms with Gasteiger partial charge < -0.3 is 9.47 Å². The number of nitriles is 2. The molecular formula is C40H46N2O2. The second-order valence-corrected chi connectivity index (χ2v) is 13.7. The summed E-state index contributed by atoms with van der Waals surface area (Å²) >= 11 is 0. The molecule has 0 atom stereocenters. The van der Waals surface area contributed by atoms with Gasteiger partial charge in [-0.1, -0.05) is 120 Å². The van der Waals surface area contributed by atoms with Crippen molar-refractivity contribution in [1.29, 1.82) is 10.5 Å². The molecule has 4 aromatic rings. The van der Waals surface area contributed by atoms with Crippen molar-refractivity contribution < 1.29 is 9.47 Å². The van der Waals surface area contributed by atoms with Crippen molar-refractivity contribution in [2.24, 2.45) is 0 Å². The van der Waals surface area contributed by atoms with Crippen LogP contribution in [0.15, 0.2) is 97.1 Å². The molecule has 0 saturated carbocycles. The summed E-state index contributed by atoms with van der Waals surface area (Å²) in [7, 11) is 0. The molecule has 0 spiro atoms.